The van der Waals surface area contributed by atoms with Crippen LogP contribution in [0, 0.1) is 0 Å². The molecular formula is C27H30N4O2. The zero-order chi connectivity index (χ0) is 23.1. The molecule has 0 spiro atoms. The minimum atomic E-state index is -0.757. The zero-order valence-electron chi connectivity index (χ0n) is 18.9. The third-order valence-electron chi connectivity index (χ3n) is 6.33. The maximum atomic E-state index is 13.2. The molecule has 6 nitrogen and oxygen atoms in total. The second-order valence-electron chi connectivity index (χ2n) is 8.51. The molecule has 2 aromatic carbocycles. The summed E-state index contributed by atoms with van der Waals surface area (Å²) < 4.78 is 0. The van der Waals surface area contributed by atoms with Crippen molar-refractivity contribution in [2.24, 2.45) is 0 Å². The molecule has 1 aliphatic rings. The molecule has 2 N–H and O–H groups in total. The molecule has 3 aromatic rings. The van der Waals surface area contributed by atoms with E-state index >= 15 is 0 Å². The predicted octanol–water partition coefficient (Wildman–Crippen LogP) is 3.07. The molecule has 1 saturated heterocycles. The lowest BCUT2D eigenvalue weighted by Crippen LogP contribution is -2.56. The number of carbonyl (C=O) groups is 2. The van der Waals surface area contributed by atoms with E-state index < -0.39 is 5.41 Å². The molecule has 0 saturated carbocycles. The van der Waals surface area contributed by atoms with Crippen LogP contribution in [-0.4, -0.2) is 48.4 Å². The van der Waals surface area contributed by atoms with E-state index in [1.165, 1.54) is 0 Å². The number of pyridine rings is 1. The first kappa shape index (κ1) is 22.7. The molecule has 1 atom stereocenters. The number of nitrogens with one attached hydrogen (secondary N) is 2. The Balaban J connectivity index is 1.52. The minimum absolute atomic E-state index is 0.0576. The molecule has 1 aliphatic heterocycles. The Kier molecular flexibility index (Phi) is 7.15. The van der Waals surface area contributed by atoms with Gasteiger partial charge < -0.3 is 10.6 Å². The van der Waals surface area contributed by atoms with Crippen LogP contribution in [-0.2, 0) is 15.0 Å². The molecule has 1 fully saturated rings. The first-order valence-electron chi connectivity index (χ1n) is 11.4. The maximum absolute atomic E-state index is 13.2. The Labute approximate surface area is 195 Å². The van der Waals surface area contributed by atoms with Crippen molar-refractivity contribution in [3.63, 3.8) is 0 Å². The van der Waals surface area contributed by atoms with Crippen molar-refractivity contribution in [1.82, 2.24) is 20.5 Å². The number of likely N-dealkylation sites (N-methyl/N-ethyl adjacent to an activating group) is 1. The highest BCUT2D eigenvalue weighted by atomic mass is 16.2. The number of hydrogen-bond donors (Lipinski definition) is 2. The van der Waals surface area contributed by atoms with Crippen molar-refractivity contribution in [3.05, 3.63) is 102 Å². The summed E-state index contributed by atoms with van der Waals surface area (Å²) >= 11 is 0. The largest absolute Gasteiger partial charge is 0.358 e. The molecule has 0 aliphatic carbocycles. The average Bonchev–Trinajstić information content (AvgIpc) is 2.88. The van der Waals surface area contributed by atoms with E-state index in [0.717, 1.165) is 29.8 Å². The van der Waals surface area contributed by atoms with E-state index in [1.807, 2.05) is 78.9 Å². The number of amides is 2. The molecule has 1 aromatic heterocycles. The summed E-state index contributed by atoms with van der Waals surface area (Å²) in [5.74, 6) is -0.126. The molecule has 4 rings (SSSR count). The Hall–Kier alpha value is -3.51. The predicted molar refractivity (Wildman–Crippen MR) is 129 cm³/mol. The van der Waals surface area contributed by atoms with Crippen molar-refractivity contribution in [1.29, 1.82) is 0 Å². The molecule has 33 heavy (non-hydrogen) atoms. The summed E-state index contributed by atoms with van der Waals surface area (Å²) in [6.45, 7) is 1.44. The van der Waals surface area contributed by atoms with Gasteiger partial charge in [-0.1, -0.05) is 66.7 Å². The standard InChI is InChI=1S/C27H30N4O2/c1-28-26(33)27(23-15-8-9-17-29-23)16-10-18-31(20-27)19-24(32)30-25(21-11-4-2-5-12-21)22-13-6-3-7-14-22/h2-9,11-15,17,25H,10,16,18-20H2,1H3,(H,28,33)(H,30,32). The van der Waals surface area contributed by atoms with Crippen LogP contribution in [0.15, 0.2) is 85.1 Å². The SMILES string of the molecule is CNC(=O)C1(c2ccccn2)CCCN(CC(=O)NC(c2ccccc2)c2ccccc2)C1. The zero-order valence-corrected chi connectivity index (χ0v) is 18.9. The van der Waals surface area contributed by atoms with Gasteiger partial charge in [0, 0.05) is 19.8 Å². The fourth-order valence-corrected chi connectivity index (χ4v) is 4.73. The number of piperidine rings is 1. The summed E-state index contributed by atoms with van der Waals surface area (Å²) in [6.07, 6.45) is 3.24. The van der Waals surface area contributed by atoms with Crippen LogP contribution in [0.5, 0.6) is 0 Å². The molecule has 170 valence electrons. The normalized spacial score (nSPS) is 18.6. The van der Waals surface area contributed by atoms with Crippen molar-refractivity contribution >= 4 is 11.8 Å². The summed E-state index contributed by atoms with van der Waals surface area (Å²) in [6, 6.07) is 25.4. The highest BCUT2D eigenvalue weighted by Gasteiger charge is 2.44. The maximum Gasteiger partial charge on any atom is 0.234 e. The van der Waals surface area contributed by atoms with Gasteiger partial charge in [0.1, 0.15) is 5.41 Å². The quantitative estimate of drug-likeness (QED) is 0.590. The van der Waals surface area contributed by atoms with Crippen molar-refractivity contribution in [2.45, 2.75) is 24.3 Å². The van der Waals surface area contributed by atoms with Crippen LogP contribution in [0.1, 0.15) is 35.7 Å². The highest BCUT2D eigenvalue weighted by Crippen LogP contribution is 2.33. The van der Waals surface area contributed by atoms with Gasteiger partial charge in [0.15, 0.2) is 0 Å². The van der Waals surface area contributed by atoms with Gasteiger partial charge in [-0.25, -0.2) is 0 Å². The number of benzene rings is 2. The van der Waals surface area contributed by atoms with Crippen LogP contribution in [0.25, 0.3) is 0 Å². The lowest BCUT2D eigenvalue weighted by atomic mass is 9.75. The number of aromatic nitrogens is 1. The smallest absolute Gasteiger partial charge is 0.234 e. The van der Waals surface area contributed by atoms with Gasteiger partial charge in [-0.15, -0.1) is 0 Å². The Morgan fingerprint density at radius 3 is 2.18 bits per heavy atom. The number of hydrogen-bond acceptors (Lipinski definition) is 4. The molecule has 6 heteroatoms. The van der Waals surface area contributed by atoms with Gasteiger partial charge in [0.25, 0.3) is 0 Å². The fourth-order valence-electron chi connectivity index (χ4n) is 4.73. The molecule has 1 unspecified atom stereocenters. The third-order valence-corrected chi connectivity index (χ3v) is 6.33. The van der Waals surface area contributed by atoms with E-state index in [-0.39, 0.29) is 24.4 Å². The highest BCUT2D eigenvalue weighted by molar-refractivity contribution is 5.88. The van der Waals surface area contributed by atoms with E-state index in [9.17, 15) is 9.59 Å². The molecular weight excluding hydrogens is 412 g/mol. The molecule has 0 radical (unpaired) electrons. The van der Waals surface area contributed by atoms with Gasteiger partial charge in [0.05, 0.1) is 18.3 Å². The number of nitrogens with zero attached hydrogens (tertiary/aromatic N) is 2. The summed E-state index contributed by atoms with van der Waals surface area (Å²) in [5.41, 5.74) is 2.06. The van der Waals surface area contributed by atoms with Crippen molar-refractivity contribution in [3.8, 4) is 0 Å². The third kappa shape index (κ3) is 5.12. The average molecular weight is 443 g/mol. The summed E-state index contributed by atoms with van der Waals surface area (Å²) in [5, 5.41) is 6.03. The van der Waals surface area contributed by atoms with E-state index in [2.05, 4.69) is 20.5 Å². The summed E-state index contributed by atoms with van der Waals surface area (Å²) in [4.78, 5) is 32.7. The van der Waals surface area contributed by atoms with Crippen molar-refractivity contribution in [2.75, 3.05) is 26.7 Å². The van der Waals surface area contributed by atoms with Crippen LogP contribution in [0.4, 0.5) is 0 Å². The van der Waals surface area contributed by atoms with Crippen LogP contribution in [0.3, 0.4) is 0 Å². The number of rotatable bonds is 7. The first-order valence-corrected chi connectivity index (χ1v) is 11.4. The lowest BCUT2D eigenvalue weighted by Gasteiger charge is -2.40. The van der Waals surface area contributed by atoms with Crippen LogP contribution >= 0.6 is 0 Å². The second kappa shape index (κ2) is 10.4. The van der Waals surface area contributed by atoms with Crippen LogP contribution in [0.2, 0.25) is 0 Å². The van der Waals surface area contributed by atoms with Gasteiger partial charge in [0.2, 0.25) is 11.8 Å². The number of likely N-dealkylation sites (tertiary alicyclic amines) is 1. The fraction of sp³-hybridized carbons (Fsp3) is 0.296. The Bertz CT molecular complexity index is 1020. The monoisotopic (exact) mass is 442 g/mol. The minimum Gasteiger partial charge on any atom is -0.358 e. The molecule has 0 bridgehead atoms. The lowest BCUT2D eigenvalue weighted by molar-refractivity contribution is -0.130. The van der Waals surface area contributed by atoms with Gasteiger partial charge in [-0.2, -0.15) is 0 Å². The van der Waals surface area contributed by atoms with Crippen molar-refractivity contribution < 1.29 is 9.59 Å². The Morgan fingerprint density at radius 2 is 1.61 bits per heavy atom. The van der Waals surface area contributed by atoms with Gasteiger partial charge in [-0.3, -0.25) is 19.5 Å². The Morgan fingerprint density at radius 1 is 0.970 bits per heavy atom. The van der Waals surface area contributed by atoms with E-state index in [1.54, 1.807) is 13.2 Å². The molecule has 2 heterocycles. The first-order chi connectivity index (χ1) is 16.1. The molecule has 2 amide bonds. The van der Waals surface area contributed by atoms with Crippen LogP contribution < -0.4 is 10.6 Å². The van der Waals surface area contributed by atoms with Gasteiger partial charge >= 0.3 is 0 Å². The van der Waals surface area contributed by atoms with E-state index in [4.69, 9.17) is 0 Å². The second-order valence-corrected chi connectivity index (χ2v) is 8.51. The number of carbonyl (C=O) groups excluding carboxylic acids is 2. The summed E-state index contributed by atoms with van der Waals surface area (Å²) in [7, 11) is 1.66. The van der Waals surface area contributed by atoms with Gasteiger partial charge in [-0.05, 0) is 42.6 Å². The van der Waals surface area contributed by atoms with E-state index in [0.29, 0.717) is 13.0 Å². The topological polar surface area (TPSA) is 74.3 Å².